The van der Waals surface area contributed by atoms with Crippen molar-refractivity contribution in [1.29, 1.82) is 0 Å². The van der Waals surface area contributed by atoms with Crippen molar-refractivity contribution < 1.29 is 14.1 Å². The van der Waals surface area contributed by atoms with Gasteiger partial charge in [-0.3, -0.25) is 5.32 Å². The van der Waals surface area contributed by atoms with Crippen LogP contribution in [0.25, 0.3) is 0 Å². The maximum atomic E-state index is 12.2. The lowest BCUT2D eigenvalue weighted by atomic mass is 9.93. The molecule has 0 unspecified atom stereocenters. The second-order valence-corrected chi connectivity index (χ2v) is 8.81. The molecule has 0 fully saturated rings. The topological polar surface area (TPSA) is 76.4 Å². The predicted octanol–water partition coefficient (Wildman–Crippen LogP) is 6.58. The number of nitrogens with zero attached hydrogens (tertiary/aromatic N) is 1. The van der Waals surface area contributed by atoms with Crippen LogP contribution in [0, 0.1) is 11.8 Å². The summed E-state index contributed by atoms with van der Waals surface area (Å²) in [5.74, 6) is 8.23. The number of aromatic nitrogens is 1. The molecule has 2 amide bonds. The van der Waals surface area contributed by atoms with Gasteiger partial charge >= 0.3 is 6.03 Å². The molecule has 2 N–H and O–H groups in total. The monoisotopic (exact) mass is 445 g/mol. The second-order valence-electron chi connectivity index (χ2n) is 8.81. The molecule has 1 aromatic heterocycles. The van der Waals surface area contributed by atoms with Gasteiger partial charge in [-0.1, -0.05) is 57.5 Å². The third-order valence-electron chi connectivity index (χ3n) is 4.86. The Labute approximate surface area is 195 Å². The van der Waals surface area contributed by atoms with Crippen LogP contribution in [0.5, 0.6) is 5.75 Å². The Morgan fingerprint density at radius 2 is 1.61 bits per heavy atom. The molecule has 0 aliphatic rings. The molecular weight excluding hydrogens is 414 g/mol. The Morgan fingerprint density at radius 3 is 2.18 bits per heavy atom. The highest BCUT2D eigenvalue weighted by molar-refractivity contribution is 5.99. The number of amides is 2. The highest BCUT2D eigenvalue weighted by atomic mass is 16.5. The van der Waals surface area contributed by atoms with Gasteiger partial charge in [-0.15, -0.1) is 0 Å². The van der Waals surface area contributed by atoms with Gasteiger partial charge in [0.25, 0.3) is 0 Å². The summed E-state index contributed by atoms with van der Waals surface area (Å²) in [4.78, 5) is 12.2. The third kappa shape index (κ3) is 7.73. The van der Waals surface area contributed by atoms with Crippen LogP contribution in [0.15, 0.2) is 59.1 Å². The third-order valence-corrected chi connectivity index (χ3v) is 4.86. The molecule has 1 heterocycles. The fraction of sp³-hybridized carbons (Fsp3) is 0.333. The molecule has 0 aliphatic carbocycles. The van der Waals surface area contributed by atoms with E-state index in [-0.39, 0.29) is 11.4 Å². The standard InChI is InChI=1S/C27H31N3O3/c1-5-6-7-18-32-23-16-12-21(13-17-23)9-8-20-10-14-22(15-11-20)28-26(31)29-25-19-24(33-30-25)27(2,3)4/h10-17,19H,5-7,18H2,1-4H3,(H2,28,29,30,31). The summed E-state index contributed by atoms with van der Waals surface area (Å²) < 4.78 is 11.0. The first-order valence-electron chi connectivity index (χ1n) is 11.2. The molecule has 6 heteroatoms. The Morgan fingerprint density at radius 1 is 0.970 bits per heavy atom. The van der Waals surface area contributed by atoms with Crippen LogP contribution in [-0.4, -0.2) is 17.8 Å². The normalized spacial score (nSPS) is 10.8. The van der Waals surface area contributed by atoms with Gasteiger partial charge in [0.2, 0.25) is 0 Å². The molecular formula is C27H31N3O3. The van der Waals surface area contributed by atoms with E-state index in [1.54, 1.807) is 18.2 Å². The van der Waals surface area contributed by atoms with Crippen molar-refractivity contribution in [3.63, 3.8) is 0 Å². The summed E-state index contributed by atoms with van der Waals surface area (Å²) in [5.41, 5.74) is 2.25. The number of anilines is 2. The summed E-state index contributed by atoms with van der Waals surface area (Å²) in [5, 5.41) is 9.34. The van der Waals surface area contributed by atoms with Crippen LogP contribution in [0.1, 0.15) is 63.8 Å². The quantitative estimate of drug-likeness (QED) is 0.318. The molecule has 33 heavy (non-hydrogen) atoms. The molecule has 0 atom stereocenters. The lowest BCUT2D eigenvalue weighted by molar-refractivity contribution is 0.262. The van der Waals surface area contributed by atoms with Crippen molar-refractivity contribution in [2.75, 3.05) is 17.2 Å². The zero-order valence-electron chi connectivity index (χ0n) is 19.7. The van der Waals surface area contributed by atoms with Gasteiger partial charge in [-0.2, -0.15) is 0 Å². The maximum absolute atomic E-state index is 12.2. The van der Waals surface area contributed by atoms with E-state index < -0.39 is 0 Å². The van der Waals surface area contributed by atoms with E-state index in [1.807, 2.05) is 57.2 Å². The van der Waals surface area contributed by atoms with Gasteiger partial charge in [0.15, 0.2) is 5.82 Å². The largest absolute Gasteiger partial charge is 0.494 e. The zero-order valence-corrected chi connectivity index (χ0v) is 19.7. The Balaban J connectivity index is 1.51. The highest BCUT2D eigenvalue weighted by Gasteiger charge is 2.20. The number of carbonyl (C=O) groups is 1. The molecule has 0 bridgehead atoms. The summed E-state index contributed by atoms with van der Waals surface area (Å²) in [6.07, 6.45) is 3.44. The van der Waals surface area contributed by atoms with Crippen molar-refractivity contribution in [2.45, 2.75) is 52.4 Å². The van der Waals surface area contributed by atoms with E-state index in [4.69, 9.17) is 9.26 Å². The predicted molar refractivity (Wildman–Crippen MR) is 132 cm³/mol. The summed E-state index contributed by atoms with van der Waals surface area (Å²) >= 11 is 0. The van der Waals surface area contributed by atoms with Gasteiger partial charge in [-0.25, -0.2) is 4.79 Å². The van der Waals surface area contributed by atoms with E-state index in [1.165, 1.54) is 12.8 Å². The molecule has 0 spiro atoms. The Bertz CT molecular complexity index is 1100. The highest BCUT2D eigenvalue weighted by Crippen LogP contribution is 2.24. The number of hydrogen-bond acceptors (Lipinski definition) is 4. The first kappa shape index (κ1) is 23.9. The Hall–Kier alpha value is -3.72. The van der Waals surface area contributed by atoms with E-state index in [0.717, 1.165) is 29.9 Å². The summed E-state index contributed by atoms with van der Waals surface area (Å²) in [7, 11) is 0. The summed E-state index contributed by atoms with van der Waals surface area (Å²) in [6.45, 7) is 8.97. The van der Waals surface area contributed by atoms with Crippen molar-refractivity contribution in [3.8, 4) is 17.6 Å². The van der Waals surface area contributed by atoms with Crippen molar-refractivity contribution in [3.05, 3.63) is 71.5 Å². The minimum absolute atomic E-state index is 0.176. The van der Waals surface area contributed by atoms with E-state index >= 15 is 0 Å². The number of unbranched alkanes of at least 4 members (excludes halogenated alkanes) is 2. The Kier molecular flexibility index (Phi) is 8.15. The maximum Gasteiger partial charge on any atom is 0.324 e. The van der Waals surface area contributed by atoms with Crippen molar-refractivity contribution in [1.82, 2.24) is 5.16 Å². The van der Waals surface area contributed by atoms with Gasteiger partial charge in [-0.05, 0) is 55.0 Å². The molecule has 172 valence electrons. The average molecular weight is 446 g/mol. The molecule has 3 aromatic rings. The molecule has 0 aliphatic heterocycles. The van der Waals surface area contributed by atoms with E-state index in [0.29, 0.717) is 17.3 Å². The molecule has 0 radical (unpaired) electrons. The number of carbonyl (C=O) groups excluding carboxylic acids is 1. The van der Waals surface area contributed by atoms with Crippen LogP contribution >= 0.6 is 0 Å². The number of hydrogen-bond donors (Lipinski definition) is 2. The van der Waals surface area contributed by atoms with Crippen LogP contribution in [0.2, 0.25) is 0 Å². The van der Waals surface area contributed by atoms with E-state index in [2.05, 4.69) is 34.6 Å². The average Bonchev–Trinajstić information content (AvgIpc) is 3.26. The van der Waals surface area contributed by atoms with Gasteiger partial charge in [0.05, 0.1) is 6.61 Å². The minimum Gasteiger partial charge on any atom is -0.494 e. The lowest BCUT2D eigenvalue weighted by Gasteiger charge is -2.12. The van der Waals surface area contributed by atoms with Crippen LogP contribution in [0.3, 0.4) is 0 Å². The van der Waals surface area contributed by atoms with Gasteiger partial charge in [0.1, 0.15) is 11.5 Å². The van der Waals surface area contributed by atoms with Crippen molar-refractivity contribution >= 4 is 17.5 Å². The van der Waals surface area contributed by atoms with Crippen LogP contribution in [0.4, 0.5) is 16.3 Å². The number of rotatable bonds is 7. The summed E-state index contributed by atoms with van der Waals surface area (Å²) in [6, 6.07) is 16.5. The van der Waals surface area contributed by atoms with Crippen molar-refractivity contribution in [2.24, 2.45) is 0 Å². The molecule has 0 saturated carbocycles. The number of benzene rings is 2. The van der Waals surface area contributed by atoms with Crippen LogP contribution < -0.4 is 15.4 Å². The molecule has 6 nitrogen and oxygen atoms in total. The van der Waals surface area contributed by atoms with Gasteiger partial charge < -0.3 is 14.6 Å². The van der Waals surface area contributed by atoms with Crippen LogP contribution in [-0.2, 0) is 5.41 Å². The minimum atomic E-state index is -0.389. The number of urea groups is 1. The first-order valence-corrected chi connectivity index (χ1v) is 11.2. The SMILES string of the molecule is CCCCCOc1ccc(C#Cc2ccc(NC(=O)Nc3cc(C(C)(C)C)on3)cc2)cc1. The first-order chi connectivity index (χ1) is 15.8. The lowest BCUT2D eigenvalue weighted by Crippen LogP contribution is -2.19. The molecule has 0 saturated heterocycles. The van der Waals surface area contributed by atoms with E-state index in [9.17, 15) is 4.79 Å². The second kappa shape index (κ2) is 11.2. The smallest absolute Gasteiger partial charge is 0.324 e. The fourth-order valence-electron chi connectivity index (χ4n) is 2.92. The zero-order chi connectivity index (χ0) is 23.7. The van der Waals surface area contributed by atoms with Gasteiger partial charge in [0, 0.05) is 28.3 Å². The molecule has 3 rings (SSSR count). The molecule has 2 aromatic carbocycles. The fourth-order valence-corrected chi connectivity index (χ4v) is 2.92. The number of ether oxygens (including phenoxy) is 1. The number of nitrogens with one attached hydrogen (secondary N) is 2.